The molecule has 5 rings (SSSR count). The Hall–Kier alpha value is -2.12. The number of imidazole rings is 1. The Balaban J connectivity index is 1.24. The average molecular weight is 399 g/mol. The van der Waals surface area contributed by atoms with Crippen molar-refractivity contribution in [2.24, 2.45) is 5.92 Å². The van der Waals surface area contributed by atoms with Gasteiger partial charge in [0.2, 0.25) is 0 Å². The number of likely N-dealkylation sites (tertiary alicyclic amines) is 2. The molecule has 1 atom stereocenters. The zero-order valence-electron chi connectivity index (χ0n) is 16.8. The number of nitrogens with one attached hydrogen (secondary N) is 1. The van der Waals surface area contributed by atoms with Crippen molar-refractivity contribution in [2.45, 2.75) is 50.2 Å². The quantitative estimate of drug-likeness (QED) is 0.804. The van der Waals surface area contributed by atoms with Crippen LogP contribution in [0.4, 0.5) is 0 Å². The van der Waals surface area contributed by atoms with Crippen molar-refractivity contribution in [3.8, 4) is 0 Å². The Bertz CT molecular complexity index is 954. The van der Waals surface area contributed by atoms with E-state index < -0.39 is 5.60 Å². The summed E-state index contributed by atoms with van der Waals surface area (Å²) in [6, 6.07) is 7.95. The van der Waals surface area contributed by atoms with Crippen LogP contribution in [-0.2, 0) is 4.79 Å². The van der Waals surface area contributed by atoms with Gasteiger partial charge in [-0.3, -0.25) is 14.3 Å². The summed E-state index contributed by atoms with van der Waals surface area (Å²) in [5.74, 6) is 0.567. The SMILES string of the molecule is O=C1N(CC2CC2)CCCC1(O)CN1CCC(n2c(=O)[nH]c3ccccc32)CC1. The van der Waals surface area contributed by atoms with E-state index in [1.807, 2.05) is 33.7 Å². The normalized spacial score (nSPS) is 27.1. The molecule has 1 unspecified atom stereocenters. The van der Waals surface area contributed by atoms with Gasteiger partial charge in [-0.05, 0) is 56.6 Å². The van der Waals surface area contributed by atoms with Crippen LogP contribution in [-0.4, -0.2) is 68.7 Å². The number of carbonyl (C=O) groups is 1. The summed E-state index contributed by atoms with van der Waals surface area (Å²) in [7, 11) is 0. The minimum Gasteiger partial charge on any atom is -0.379 e. The molecule has 29 heavy (non-hydrogen) atoms. The summed E-state index contributed by atoms with van der Waals surface area (Å²) in [5.41, 5.74) is 0.518. The number of rotatable bonds is 5. The molecule has 7 nitrogen and oxygen atoms in total. The number of amides is 1. The number of H-pyrrole nitrogens is 1. The molecule has 0 spiro atoms. The molecule has 2 aliphatic heterocycles. The number of aromatic amines is 1. The molecule has 156 valence electrons. The van der Waals surface area contributed by atoms with Gasteiger partial charge in [0, 0.05) is 38.8 Å². The van der Waals surface area contributed by atoms with Crippen LogP contribution in [0.1, 0.15) is 44.6 Å². The number of benzene rings is 1. The number of carbonyl (C=O) groups excluding carboxylic acids is 1. The molecule has 1 amide bonds. The van der Waals surface area contributed by atoms with E-state index in [2.05, 4.69) is 9.88 Å². The van der Waals surface area contributed by atoms with Gasteiger partial charge >= 0.3 is 5.69 Å². The number of aromatic nitrogens is 2. The maximum atomic E-state index is 12.9. The monoisotopic (exact) mass is 398 g/mol. The van der Waals surface area contributed by atoms with E-state index in [9.17, 15) is 14.7 Å². The smallest absolute Gasteiger partial charge is 0.326 e. The molecule has 0 radical (unpaired) electrons. The lowest BCUT2D eigenvalue weighted by atomic mass is 9.90. The molecule has 2 N–H and O–H groups in total. The second-order valence-corrected chi connectivity index (χ2v) is 9.15. The fraction of sp³-hybridized carbons (Fsp3) is 0.636. The first-order valence-electron chi connectivity index (χ1n) is 11.0. The average Bonchev–Trinajstić information content (AvgIpc) is 3.46. The summed E-state index contributed by atoms with van der Waals surface area (Å²) >= 11 is 0. The summed E-state index contributed by atoms with van der Waals surface area (Å²) in [6.07, 6.45) is 5.53. The van der Waals surface area contributed by atoms with Crippen molar-refractivity contribution < 1.29 is 9.90 Å². The summed E-state index contributed by atoms with van der Waals surface area (Å²) in [6.45, 7) is 3.57. The molecule has 7 heteroatoms. The number of nitrogens with zero attached hydrogens (tertiary/aromatic N) is 3. The van der Waals surface area contributed by atoms with Crippen LogP contribution in [0.2, 0.25) is 0 Å². The highest BCUT2D eigenvalue weighted by atomic mass is 16.3. The molecule has 1 aromatic carbocycles. The Morgan fingerprint density at radius 1 is 1.07 bits per heavy atom. The van der Waals surface area contributed by atoms with E-state index in [4.69, 9.17) is 0 Å². The van der Waals surface area contributed by atoms with Crippen molar-refractivity contribution in [2.75, 3.05) is 32.7 Å². The van der Waals surface area contributed by atoms with Gasteiger partial charge in [-0.2, -0.15) is 0 Å². The van der Waals surface area contributed by atoms with Gasteiger partial charge in [0.25, 0.3) is 5.91 Å². The molecule has 3 aliphatic rings. The number of hydrogen-bond donors (Lipinski definition) is 2. The molecular weight excluding hydrogens is 368 g/mol. The van der Waals surface area contributed by atoms with Crippen molar-refractivity contribution >= 4 is 16.9 Å². The lowest BCUT2D eigenvalue weighted by molar-refractivity contribution is -0.160. The van der Waals surface area contributed by atoms with Crippen molar-refractivity contribution in [3.05, 3.63) is 34.7 Å². The molecule has 0 bridgehead atoms. The maximum absolute atomic E-state index is 12.9. The Morgan fingerprint density at radius 2 is 1.83 bits per heavy atom. The van der Waals surface area contributed by atoms with Crippen LogP contribution < -0.4 is 5.69 Å². The van der Waals surface area contributed by atoms with E-state index in [1.165, 1.54) is 12.8 Å². The van der Waals surface area contributed by atoms with Crippen molar-refractivity contribution in [1.82, 2.24) is 19.4 Å². The topological polar surface area (TPSA) is 81.6 Å². The molecular formula is C22H30N4O3. The highest BCUT2D eigenvalue weighted by Crippen LogP contribution is 2.33. The van der Waals surface area contributed by atoms with Crippen LogP contribution in [0, 0.1) is 5.92 Å². The van der Waals surface area contributed by atoms with Crippen LogP contribution in [0.5, 0.6) is 0 Å². The van der Waals surface area contributed by atoms with Gasteiger partial charge in [0.1, 0.15) is 0 Å². The summed E-state index contributed by atoms with van der Waals surface area (Å²) < 4.78 is 1.88. The maximum Gasteiger partial charge on any atom is 0.326 e. The zero-order chi connectivity index (χ0) is 20.0. The van der Waals surface area contributed by atoms with E-state index in [0.29, 0.717) is 18.9 Å². The van der Waals surface area contributed by atoms with Crippen molar-refractivity contribution in [1.29, 1.82) is 0 Å². The first-order valence-corrected chi connectivity index (χ1v) is 11.0. The van der Waals surface area contributed by atoms with Gasteiger partial charge in [0.15, 0.2) is 5.60 Å². The first kappa shape index (κ1) is 18.9. The third kappa shape index (κ3) is 3.62. The number of para-hydroxylation sites is 2. The van der Waals surface area contributed by atoms with E-state index in [0.717, 1.165) is 56.5 Å². The number of fused-ring (bicyclic) bond motifs is 1. The zero-order valence-corrected chi connectivity index (χ0v) is 16.8. The van der Waals surface area contributed by atoms with Crippen molar-refractivity contribution in [3.63, 3.8) is 0 Å². The van der Waals surface area contributed by atoms with Crippen LogP contribution in [0.15, 0.2) is 29.1 Å². The minimum atomic E-state index is -1.25. The number of hydrogen-bond acceptors (Lipinski definition) is 4. The largest absolute Gasteiger partial charge is 0.379 e. The number of piperidine rings is 2. The van der Waals surface area contributed by atoms with Gasteiger partial charge < -0.3 is 15.0 Å². The van der Waals surface area contributed by atoms with Crippen LogP contribution in [0.3, 0.4) is 0 Å². The third-order valence-electron chi connectivity index (χ3n) is 6.91. The molecule has 1 aliphatic carbocycles. The fourth-order valence-electron chi connectivity index (χ4n) is 5.14. The van der Waals surface area contributed by atoms with E-state index in [1.54, 1.807) is 0 Å². The Kier molecular flexibility index (Phi) is 4.75. The fourth-order valence-corrected chi connectivity index (χ4v) is 5.14. The second-order valence-electron chi connectivity index (χ2n) is 9.15. The molecule has 2 aromatic rings. The van der Waals surface area contributed by atoms with Gasteiger partial charge in [-0.15, -0.1) is 0 Å². The highest BCUT2D eigenvalue weighted by molar-refractivity contribution is 5.86. The lowest BCUT2D eigenvalue weighted by Gasteiger charge is -2.42. The van der Waals surface area contributed by atoms with E-state index >= 15 is 0 Å². The van der Waals surface area contributed by atoms with Gasteiger partial charge in [-0.1, -0.05) is 12.1 Å². The Morgan fingerprint density at radius 3 is 2.59 bits per heavy atom. The second kappa shape index (κ2) is 7.29. The summed E-state index contributed by atoms with van der Waals surface area (Å²) in [5, 5.41) is 11.1. The predicted molar refractivity (Wildman–Crippen MR) is 111 cm³/mol. The predicted octanol–water partition coefficient (Wildman–Crippen LogP) is 1.73. The molecule has 1 aromatic heterocycles. The molecule has 1 saturated carbocycles. The molecule has 2 saturated heterocycles. The lowest BCUT2D eigenvalue weighted by Crippen LogP contribution is -2.59. The van der Waals surface area contributed by atoms with Gasteiger partial charge in [0.05, 0.1) is 11.0 Å². The number of aliphatic hydroxyl groups is 1. The first-order chi connectivity index (χ1) is 14.0. The van der Waals surface area contributed by atoms with Crippen LogP contribution in [0.25, 0.3) is 11.0 Å². The Labute approximate surface area is 170 Å². The molecule has 3 heterocycles. The summed E-state index contributed by atoms with van der Waals surface area (Å²) in [4.78, 5) is 32.4. The number of β-amino-alcohol motifs (C(OH)–C–C–N with tert-alkyl or cyclic N) is 1. The minimum absolute atomic E-state index is 0.0542. The van der Waals surface area contributed by atoms with Gasteiger partial charge in [-0.25, -0.2) is 4.79 Å². The van der Waals surface area contributed by atoms with E-state index in [-0.39, 0.29) is 17.6 Å². The van der Waals surface area contributed by atoms with Crippen LogP contribution >= 0.6 is 0 Å². The molecule has 3 fully saturated rings. The highest BCUT2D eigenvalue weighted by Gasteiger charge is 2.44. The standard InChI is InChI=1S/C22H30N4O3/c27-20-22(29,10-3-11-25(20)14-16-6-7-16)15-24-12-8-17(9-13-24)26-19-5-2-1-4-18(19)23-21(26)28/h1-2,4-5,16-17,29H,3,6-15H2,(H,23,28). The third-order valence-corrected chi connectivity index (χ3v) is 6.91.